The Kier molecular flexibility index (Phi) is 5.11. The molecule has 0 aliphatic carbocycles. The van der Waals surface area contributed by atoms with Crippen LogP contribution in [0.25, 0.3) is 0 Å². The Hall–Kier alpha value is -1.41. The second-order valence-electron chi connectivity index (χ2n) is 4.49. The summed E-state index contributed by atoms with van der Waals surface area (Å²) in [4.78, 5) is 0. The molecule has 0 aliphatic heterocycles. The van der Waals surface area contributed by atoms with Crippen LogP contribution in [0.1, 0.15) is 50.5 Å². The number of aromatic nitrogens is 3. The van der Waals surface area contributed by atoms with E-state index in [1.54, 1.807) is 7.11 Å². The van der Waals surface area contributed by atoms with Crippen molar-refractivity contribution in [2.45, 2.75) is 45.6 Å². The van der Waals surface area contributed by atoms with Gasteiger partial charge in [-0.3, -0.25) is 0 Å². The number of methoxy groups -OCH3 is 1. The molecule has 0 amide bonds. The summed E-state index contributed by atoms with van der Waals surface area (Å²) < 4.78 is 7.00. The Balaban J connectivity index is 2.95. The number of ether oxygens (including phenoxy) is 1. The standard InChI is InChI=1S/C12H20N4O/c1-9(2)12-11(5-7-13)14-15-16(12)10(3)6-8-17-4/h9-10H,5-6,8H2,1-4H3. The molecule has 1 rings (SSSR count). The molecule has 1 atom stereocenters. The first kappa shape index (κ1) is 13.7. The topological polar surface area (TPSA) is 63.7 Å². The second-order valence-corrected chi connectivity index (χ2v) is 4.49. The van der Waals surface area contributed by atoms with Crippen molar-refractivity contribution in [3.63, 3.8) is 0 Å². The average molecular weight is 236 g/mol. The summed E-state index contributed by atoms with van der Waals surface area (Å²) in [5.41, 5.74) is 1.86. The fourth-order valence-electron chi connectivity index (χ4n) is 1.87. The van der Waals surface area contributed by atoms with Crippen molar-refractivity contribution in [2.24, 2.45) is 0 Å². The highest BCUT2D eigenvalue weighted by molar-refractivity contribution is 5.18. The predicted octanol–water partition coefficient (Wildman–Crippen LogP) is 2.07. The van der Waals surface area contributed by atoms with Gasteiger partial charge in [0.1, 0.15) is 5.69 Å². The fraction of sp³-hybridized carbons (Fsp3) is 0.750. The smallest absolute Gasteiger partial charge is 0.100 e. The van der Waals surface area contributed by atoms with Crippen LogP contribution >= 0.6 is 0 Å². The van der Waals surface area contributed by atoms with Gasteiger partial charge in [0.05, 0.1) is 24.2 Å². The predicted molar refractivity (Wildman–Crippen MR) is 64.6 cm³/mol. The Morgan fingerprint density at radius 2 is 2.12 bits per heavy atom. The van der Waals surface area contributed by atoms with E-state index >= 15 is 0 Å². The van der Waals surface area contributed by atoms with Crippen LogP contribution in [0.2, 0.25) is 0 Å². The molecule has 0 aliphatic rings. The van der Waals surface area contributed by atoms with E-state index in [0.29, 0.717) is 18.9 Å². The summed E-state index contributed by atoms with van der Waals surface area (Å²) in [5, 5.41) is 17.0. The van der Waals surface area contributed by atoms with E-state index in [9.17, 15) is 0 Å². The lowest BCUT2D eigenvalue weighted by Gasteiger charge is -2.16. The monoisotopic (exact) mass is 236 g/mol. The molecule has 0 radical (unpaired) electrons. The molecule has 5 nitrogen and oxygen atoms in total. The molecule has 1 unspecified atom stereocenters. The zero-order chi connectivity index (χ0) is 12.8. The average Bonchev–Trinajstić information content (AvgIpc) is 2.70. The molecule has 17 heavy (non-hydrogen) atoms. The van der Waals surface area contributed by atoms with E-state index in [4.69, 9.17) is 10.00 Å². The summed E-state index contributed by atoms with van der Waals surface area (Å²) in [7, 11) is 1.69. The van der Waals surface area contributed by atoms with Crippen molar-refractivity contribution in [1.82, 2.24) is 15.0 Å². The highest BCUT2D eigenvalue weighted by atomic mass is 16.5. The van der Waals surface area contributed by atoms with Gasteiger partial charge in [-0.1, -0.05) is 19.1 Å². The molecule has 0 spiro atoms. The van der Waals surface area contributed by atoms with Crippen molar-refractivity contribution in [2.75, 3.05) is 13.7 Å². The van der Waals surface area contributed by atoms with Crippen molar-refractivity contribution in [3.05, 3.63) is 11.4 Å². The summed E-state index contributed by atoms with van der Waals surface area (Å²) in [6.45, 7) is 6.99. The molecular weight excluding hydrogens is 216 g/mol. The summed E-state index contributed by atoms with van der Waals surface area (Å²) in [6, 6.07) is 2.38. The number of hydrogen-bond donors (Lipinski definition) is 0. The minimum atomic E-state index is 0.243. The van der Waals surface area contributed by atoms with Gasteiger partial charge in [0.25, 0.3) is 0 Å². The van der Waals surface area contributed by atoms with Gasteiger partial charge < -0.3 is 4.74 Å². The highest BCUT2D eigenvalue weighted by Crippen LogP contribution is 2.22. The largest absolute Gasteiger partial charge is 0.385 e. The van der Waals surface area contributed by atoms with Crippen LogP contribution in [0.3, 0.4) is 0 Å². The van der Waals surface area contributed by atoms with E-state index in [1.807, 2.05) is 4.68 Å². The number of nitrogens with zero attached hydrogens (tertiary/aromatic N) is 4. The molecule has 0 saturated carbocycles. The van der Waals surface area contributed by atoms with Gasteiger partial charge in [0, 0.05) is 13.7 Å². The van der Waals surface area contributed by atoms with Crippen LogP contribution in [-0.2, 0) is 11.2 Å². The van der Waals surface area contributed by atoms with E-state index in [0.717, 1.165) is 17.8 Å². The third-order valence-corrected chi connectivity index (χ3v) is 2.75. The van der Waals surface area contributed by atoms with Crippen molar-refractivity contribution >= 4 is 0 Å². The molecule has 0 bridgehead atoms. The normalized spacial score (nSPS) is 12.7. The van der Waals surface area contributed by atoms with Crippen LogP contribution < -0.4 is 0 Å². The van der Waals surface area contributed by atoms with Gasteiger partial charge in [-0.25, -0.2) is 4.68 Å². The fourth-order valence-corrected chi connectivity index (χ4v) is 1.87. The summed E-state index contributed by atoms with van der Waals surface area (Å²) in [6.07, 6.45) is 1.22. The lowest BCUT2D eigenvalue weighted by molar-refractivity contribution is 0.177. The van der Waals surface area contributed by atoms with Crippen LogP contribution in [0, 0.1) is 11.3 Å². The lowest BCUT2D eigenvalue weighted by atomic mass is 10.1. The van der Waals surface area contributed by atoms with E-state index < -0.39 is 0 Å². The van der Waals surface area contributed by atoms with Crippen LogP contribution in [0.4, 0.5) is 0 Å². The third-order valence-electron chi connectivity index (χ3n) is 2.75. The van der Waals surface area contributed by atoms with Crippen LogP contribution in [0.15, 0.2) is 0 Å². The minimum absolute atomic E-state index is 0.243. The Morgan fingerprint density at radius 3 is 2.65 bits per heavy atom. The first-order chi connectivity index (χ1) is 8.11. The van der Waals surface area contributed by atoms with Gasteiger partial charge >= 0.3 is 0 Å². The van der Waals surface area contributed by atoms with Gasteiger partial charge in [0.15, 0.2) is 0 Å². The second kappa shape index (κ2) is 6.36. The SMILES string of the molecule is COCCC(C)n1nnc(CC#N)c1C(C)C. The first-order valence-corrected chi connectivity index (χ1v) is 5.91. The van der Waals surface area contributed by atoms with E-state index in [-0.39, 0.29) is 6.04 Å². The molecule has 1 aromatic heterocycles. The van der Waals surface area contributed by atoms with Crippen molar-refractivity contribution in [1.29, 1.82) is 5.26 Å². The van der Waals surface area contributed by atoms with Crippen molar-refractivity contribution in [3.8, 4) is 6.07 Å². The summed E-state index contributed by atoms with van der Waals surface area (Å²) in [5.74, 6) is 0.318. The zero-order valence-electron chi connectivity index (χ0n) is 11.0. The minimum Gasteiger partial charge on any atom is -0.385 e. The Bertz CT molecular complexity index is 392. The Labute approximate surface area is 102 Å². The maximum atomic E-state index is 8.77. The van der Waals surface area contributed by atoms with Gasteiger partial charge in [-0.05, 0) is 19.3 Å². The maximum Gasteiger partial charge on any atom is 0.100 e. The molecule has 0 N–H and O–H groups in total. The van der Waals surface area contributed by atoms with Crippen LogP contribution in [0.5, 0.6) is 0 Å². The summed E-state index contributed by atoms with van der Waals surface area (Å²) >= 11 is 0. The number of nitriles is 1. The molecule has 0 fully saturated rings. The Morgan fingerprint density at radius 1 is 1.41 bits per heavy atom. The lowest BCUT2D eigenvalue weighted by Crippen LogP contribution is -2.14. The molecule has 0 saturated heterocycles. The van der Waals surface area contributed by atoms with Crippen LogP contribution in [-0.4, -0.2) is 28.7 Å². The molecule has 5 heteroatoms. The molecular formula is C12H20N4O. The first-order valence-electron chi connectivity index (χ1n) is 5.91. The maximum absolute atomic E-state index is 8.77. The van der Waals surface area contributed by atoms with Gasteiger partial charge in [-0.2, -0.15) is 5.26 Å². The number of rotatable bonds is 6. The molecule has 0 aromatic carbocycles. The number of hydrogen-bond acceptors (Lipinski definition) is 4. The van der Waals surface area contributed by atoms with Gasteiger partial charge in [-0.15, -0.1) is 5.10 Å². The van der Waals surface area contributed by atoms with Gasteiger partial charge in [0.2, 0.25) is 0 Å². The molecule has 1 aromatic rings. The molecule has 94 valence electrons. The highest BCUT2D eigenvalue weighted by Gasteiger charge is 2.19. The van der Waals surface area contributed by atoms with E-state index in [1.165, 1.54) is 0 Å². The molecule has 1 heterocycles. The zero-order valence-corrected chi connectivity index (χ0v) is 11.0. The van der Waals surface area contributed by atoms with E-state index in [2.05, 4.69) is 37.2 Å². The third kappa shape index (κ3) is 3.27. The quantitative estimate of drug-likeness (QED) is 0.758. The van der Waals surface area contributed by atoms with Crippen molar-refractivity contribution < 1.29 is 4.74 Å².